The van der Waals surface area contributed by atoms with Crippen molar-refractivity contribution in [2.45, 2.75) is 6.54 Å². The predicted octanol–water partition coefficient (Wildman–Crippen LogP) is 2.87. The van der Waals surface area contributed by atoms with Crippen LogP contribution in [0.4, 0.5) is 0 Å². The van der Waals surface area contributed by atoms with Gasteiger partial charge in [-0.3, -0.25) is 0 Å². The van der Waals surface area contributed by atoms with E-state index in [1.807, 2.05) is 30.3 Å². The van der Waals surface area contributed by atoms with Crippen LogP contribution in [-0.4, -0.2) is 17.2 Å². The standard InChI is InChI=1S/C15H15NO2S/c1-18-13-9-5-8-12(14(13)17)15(19)16-10-11-6-3-2-4-7-11/h2-9,17H,10H2,1H3,(H,16,19). The number of hydrogen-bond acceptors (Lipinski definition) is 3. The Bertz CT molecular complexity index is 570. The monoisotopic (exact) mass is 273 g/mol. The summed E-state index contributed by atoms with van der Waals surface area (Å²) in [5.41, 5.74) is 1.71. The second kappa shape index (κ2) is 6.20. The Morgan fingerprint density at radius 2 is 1.89 bits per heavy atom. The molecular formula is C15H15NO2S. The van der Waals surface area contributed by atoms with E-state index in [2.05, 4.69) is 5.32 Å². The molecule has 0 aliphatic heterocycles. The second-order valence-electron chi connectivity index (χ2n) is 4.02. The molecule has 4 heteroatoms. The molecule has 19 heavy (non-hydrogen) atoms. The number of rotatable bonds is 4. The van der Waals surface area contributed by atoms with Crippen LogP contribution in [0.1, 0.15) is 11.1 Å². The van der Waals surface area contributed by atoms with Crippen LogP contribution in [0.3, 0.4) is 0 Å². The highest BCUT2D eigenvalue weighted by Crippen LogP contribution is 2.29. The molecule has 0 fully saturated rings. The van der Waals surface area contributed by atoms with E-state index < -0.39 is 0 Å². The van der Waals surface area contributed by atoms with Gasteiger partial charge >= 0.3 is 0 Å². The average molecular weight is 273 g/mol. The summed E-state index contributed by atoms with van der Waals surface area (Å²) < 4.78 is 5.06. The Hall–Kier alpha value is -2.07. The van der Waals surface area contributed by atoms with Crippen LogP contribution in [0.15, 0.2) is 48.5 Å². The maximum Gasteiger partial charge on any atom is 0.168 e. The van der Waals surface area contributed by atoms with E-state index in [-0.39, 0.29) is 5.75 Å². The van der Waals surface area contributed by atoms with E-state index in [1.54, 1.807) is 18.2 Å². The smallest absolute Gasteiger partial charge is 0.168 e. The van der Waals surface area contributed by atoms with Gasteiger partial charge in [0, 0.05) is 6.54 Å². The van der Waals surface area contributed by atoms with Gasteiger partial charge in [0.15, 0.2) is 11.5 Å². The number of para-hydroxylation sites is 1. The summed E-state index contributed by atoms with van der Waals surface area (Å²) in [6.07, 6.45) is 0. The quantitative estimate of drug-likeness (QED) is 0.841. The summed E-state index contributed by atoms with van der Waals surface area (Å²) in [5, 5.41) is 13.1. The van der Waals surface area contributed by atoms with Crippen LogP contribution < -0.4 is 10.1 Å². The minimum Gasteiger partial charge on any atom is -0.504 e. The van der Waals surface area contributed by atoms with E-state index in [0.29, 0.717) is 22.8 Å². The molecular weight excluding hydrogens is 258 g/mol. The molecule has 0 spiro atoms. The summed E-state index contributed by atoms with van der Waals surface area (Å²) >= 11 is 5.29. The van der Waals surface area contributed by atoms with Crippen molar-refractivity contribution in [3.05, 3.63) is 59.7 Å². The number of thiocarbonyl (C=S) groups is 1. The molecule has 0 saturated carbocycles. The molecule has 0 aliphatic rings. The number of ether oxygens (including phenoxy) is 1. The van der Waals surface area contributed by atoms with Crippen molar-refractivity contribution in [2.24, 2.45) is 0 Å². The number of benzene rings is 2. The lowest BCUT2D eigenvalue weighted by Gasteiger charge is -2.11. The molecule has 2 aromatic carbocycles. The van der Waals surface area contributed by atoms with Gasteiger partial charge in [-0.1, -0.05) is 48.6 Å². The van der Waals surface area contributed by atoms with Crippen molar-refractivity contribution in [2.75, 3.05) is 7.11 Å². The zero-order valence-corrected chi connectivity index (χ0v) is 11.4. The number of phenols is 1. The van der Waals surface area contributed by atoms with E-state index in [0.717, 1.165) is 5.56 Å². The topological polar surface area (TPSA) is 41.5 Å². The maximum absolute atomic E-state index is 10.0. The van der Waals surface area contributed by atoms with Crippen LogP contribution in [-0.2, 0) is 6.54 Å². The first-order valence-corrected chi connectivity index (χ1v) is 6.31. The van der Waals surface area contributed by atoms with Crippen molar-refractivity contribution < 1.29 is 9.84 Å². The maximum atomic E-state index is 10.0. The van der Waals surface area contributed by atoms with E-state index in [1.165, 1.54) is 7.11 Å². The van der Waals surface area contributed by atoms with Crippen molar-refractivity contribution in [1.82, 2.24) is 5.32 Å². The molecule has 2 rings (SSSR count). The summed E-state index contributed by atoms with van der Waals surface area (Å²) in [6, 6.07) is 15.2. The first kappa shape index (κ1) is 13.4. The third kappa shape index (κ3) is 3.23. The summed E-state index contributed by atoms with van der Waals surface area (Å²) in [6.45, 7) is 0.621. The van der Waals surface area contributed by atoms with Crippen LogP contribution in [0, 0.1) is 0 Å². The van der Waals surface area contributed by atoms with Crippen molar-refractivity contribution >= 4 is 17.2 Å². The molecule has 0 saturated heterocycles. The molecule has 2 aromatic rings. The zero-order chi connectivity index (χ0) is 13.7. The lowest BCUT2D eigenvalue weighted by atomic mass is 10.1. The van der Waals surface area contributed by atoms with Crippen LogP contribution in [0.25, 0.3) is 0 Å². The van der Waals surface area contributed by atoms with Gasteiger partial charge in [0.1, 0.15) is 4.99 Å². The van der Waals surface area contributed by atoms with Gasteiger partial charge in [0.05, 0.1) is 12.7 Å². The molecule has 0 atom stereocenters. The molecule has 0 aliphatic carbocycles. The van der Waals surface area contributed by atoms with Crippen molar-refractivity contribution in [1.29, 1.82) is 0 Å². The summed E-state index contributed by atoms with van der Waals surface area (Å²) in [4.78, 5) is 0.500. The molecule has 0 bridgehead atoms. The Balaban J connectivity index is 2.08. The highest BCUT2D eigenvalue weighted by atomic mass is 32.1. The number of methoxy groups -OCH3 is 1. The third-order valence-electron chi connectivity index (χ3n) is 2.76. The molecule has 3 nitrogen and oxygen atoms in total. The van der Waals surface area contributed by atoms with Gasteiger partial charge in [0.25, 0.3) is 0 Å². The van der Waals surface area contributed by atoms with Crippen molar-refractivity contribution in [3.8, 4) is 11.5 Å². The Kier molecular flexibility index (Phi) is 4.36. The SMILES string of the molecule is COc1cccc(C(=S)NCc2ccccc2)c1O. The summed E-state index contributed by atoms with van der Waals surface area (Å²) in [5.74, 6) is 0.483. The van der Waals surface area contributed by atoms with Crippen LogP contribution >= 0.6 is 12.2 Å². The van der Waals surface area contributed by atoms with Gasteiger partial charge in [-0.25, -0.2) is 0 Å². The molecule has 0 aromatic heterocycles. The summed E-state index contributed by atoms with van der Waals surface area (Å²) in [7, 11) is 1.51. The number of aromatic hydroxyl groups is 1. The Morgan fingerprint density at radius 1 is 1.16 bits per heavy atom. The number of nitrogens with one attached hydrogen (secondary N) is 1. The Morgan fingerprint density at radius 3 is 2.58 bits per heavy atom. The fourth-order valence-corrected chi connectivity index (χ4v) is 1.98. The highest BCUT2D eigenvalue weighted by molar-refractivity contribution is 7.80. The molecule has 0 radical (unpaired) electrons. The van der Waals surface area contributed by atoms with Gasteiger partial charge in [-0.2, -0.15) is 0 Å². The minimum atomic E-state index is 0.0653. The number of phenolic OH excluding ortho intramolecular Hbond substituents is 1. The fraction of sp³-hybridized carbons (Fsp3) is 0.133. The van der Waals surface area contributed by atoms with E-state index in [9.17, 15) is 5.11 Å². The molecule has 0 heterocycles. The molecule has 98 valence electrons. The lowest BCUT2D eigenvalue weighted by molar-refractivity contribution is 0.373. The van der Waals surface area contributed by atoms with Gasteiger partial charge in [0.2, 0.25) is 0 Å². The Labute approximate surface area is 117 Å². The molecule has 0 amide bonds. The predicted molar refractivity (Wildman–Crippen MR) is 79.6 cm³/mol. The second-order valence-corrected chi connectivity index (χ2v) is 4.43. The first-order valence-electron chi connectivity index (χ1n) is 5.90. The van der Waals surface area contributed by atoms with Gasteiger partial charge in [-0.15, -0.1) is 0 Å². The van der Waals surface area contributed by atoms with Gasteiger partial charge < -0.3 is 15.2 Å². The van der Waals surface area contributed by atoms with Crippen molar-refractivity contribution in [3.63, 3.8) is 0 Å². The van der Waals surface area contributed by atoms with Crippen LogP contribution in [0.2, 0.25) is 0 Å². The molecule has 0 unspecified atom stereocenters. The highest BCUT2D eigenvalue weighted by Gasteiger charge is 2.11. The third-order valence-corrected chi connectivity index (χ3v) is 3.12. The number of hydrogen-bond donors (Lipinski definition) is 2. The fourth-order valence-electron chi connectivity index (χ4n) is 1.74. The first-order chi connectivity index (χ1) is 9.22. The zero-order valence-electron chi connectivity index (χ0n) is 10.6. The normalized spacial score (nSPS) is 9.95. The lowest BCUT2D eigenvalue weighted by Crippen LogP contribution is -2.21. The minimum absolute atomic E-state index is 0.0653. The van der Waals surface area contributed by atoms with Crippen LogP contribution in [0.5, 0.6) is 11.5 Å². The largest absolute Gasteiger partial charge is 0.504 e. The van der Waals surface area contributed by atoms with E-state index >= 15 is 0 Å². The van der Waals surface area contributed by atoms with Gasteiger partial charge in [-0.05, 0) is 17.7 Å². The average Bonchev–Trinajstić information content (AvgIpc) is 2.46. The molecule has 2 N–H and O–H groups in total. The van der Waals surface area contributed by atoms with E-state index in [4.69, 9.17) is 17.0 Å².